The van der Waals surface area contributed by atoms with Crippen LogP contribution in [0.2, 0.25) is 10.0 Å². The van der Waals surface area contributed by atoms with E-state index in [1.165, 1.54) is 0 Å². The van der Waals surface area contributed by atoms with Crippen LogP contribution in [0.25, 0.3) is 0 Å². The molecule has 98 valence electrons. The fraction of sp³-hybridized carbons (Fsp3) is 0.0769. The van der Waals surface area contributed by atoms with Crippen molar-refractivity contribution in [2.24, 2.45) is 0 Å². The molecule has 0 spiro atoms. The Bertz CT molecular complexity index is 617. The lowest BCUT2D eigenvalue weighted by atomic mass is 10.2. The third kappa shape index (κ3) is 2.97. The number of anilines is 2. The Hall–Kier alpha value is -1.78. The van der Waals surface area contributed by atoms with Gasteiger partial charge in [0.25, 0.3) is 5.91 Å². The standard InChI is InChI=1S/C13H11Cl2N3O/c1-16-11-7-17-6-5-8(11)13(19)18-10-4-2-3-9(14)12(10)15/h2-7,16H,1H3,(H,18,19). The van der Waals surface area contributed by atoms with Crippen molar-refractivity contribution in [3.05, 3.63) is 52.3 Å². The Balaban J connectivity index is 2.28. The predicted molar refractivity (Wildman–Crippen MR) is 78.2 cm³/mol. The number of aromatic nitrogens is 1. The van der Waals surface area contributed by atoms with Gasteiger partial charge in [0.15, 0.2) is 0 Å². The lowest BCUT2D eigenvalue weighted by molar-refractivity contribution is 0.102. The van der Waals surface area contributed by atoms with Crippen LogP contribution in [0.4, 0.5) is 11.4 Å². The van der Waals surface area contributed by atoms with Crippen molar-refractivity contribution in [2.75, 3.05) is 17.7 Å². The molecule has 0 saturated carbocycles. The van der Waals surface area contributed by atoms with E-state index in [0.717, 1.165) is 0 Å². The van der Waals surface area contributed by atoms with Crippen LogP contribution >= 0.6 is 23.2 Å². The third-order valence-corrected chi connectivity index (χ3v) is 3.35. The van der Waals surface area contributed by atoms with E-state index in [-0.39, 0.29) is 5.91 Å². The van der Waals surface area contributed by atoms with Crippen LogP contribution in [0.15, 0.2) is 36.7 Å². The quantitative estimate of drug-likeness (QED) is 0.908. The molecule has 0 saturated heterocycles. The monoisotopic (exact) mass is 295 g/mol. The summed E-state index contributed by atoms with van der Waals surface area (Å²) in [6, 6.07) is 6.69. The molecule has 0 aliphatic rings. The summed E-state index contributed by atoms with van der Waals surface area (Å²) in [5.41, 5.74) is 1.59. The maximum Gasteiger partial charge on any atom is 0.257 e. The van der Waals surface area contributed by atoms with E-state index in [0.29, 0.717) is 27.0 Å². The number of nitrogens with zero attached hydrogens (tertiary/aromatic N) is 1. The fourth-order valence-corrected chi connectivity index (χ4v) is 1.93. The van der Waals surface area contributed by atoms with Crippen molar-refractivity contribution in [1.82, 2.24) is 4.98 Å². The zero-order valence-electron chi connectivity index (χ0n) is 10.1. The normalized spacial score (nSPS) is 10.1. The van der Waals surface area contributed by atoms with Gasteiger partial charge in [-0.3, -0.25) is 9.78 Å². The second kappa shape index (κ2) is 5.91. The van der Waals surface area contributed by atoms with E-state index in [4.69, 9.17) is 23.2 Å². The molecule has 2 N–H and O–H groups in total. The van der Waals surface area contributed by atoms with Crippen molar-refractivity contribution in [3.8, 4) is 0 Å². The smallest absolute Gasteiger partial charge is 0.257 e. The first-order valence-corrected chi connectivity index (χ1v) is 6.26. The van der Waals surface area contributed by atoms with Crippen molar-refractivity contribution < 1.29 is 4.79 Å². The summed E-state index contributed by atoms with van der Waals surface area (Å²) in [5.74, 6) is -0.282. The maximum atomic E-state index is 12.2. The summed E-state index contributed by atoms with van der Waals surface area (Å²) >= 11 is 11.9. The number of hydrogen-bond donors (Lipinski definition) is 2. The summed E-state index contributed by atoms with van der Waals surface area (Å²) in [6.07, 6.45) is 3.13. The number of pyridine rings is 1. The Kier molecular flexibility index (Phi) is 4.24. The second-order valence-electron chi connectivity index (χ2n) is 3.73. The van der Waals surface area contributed by atoms with Crippen molar-refractivity contribution >= 4 is 40.5 Å². The van der Waals surface area contributed by atoms with Gasteiger partial charge in [0.05, 0.1) is 33.2 Å². The molecule has 0 atom stereocenters. The lowest BCUT2D eigenvalue weighted by Crippen LogP contribution is -2.14. The first kappa shape index (κ1) is 13.6. The SMILES string of the molecule is CNc1cnccc1C(=O)Nc1cccc(Cl)c1Cl. The number of benzene rings is 1. The number of nitrogens with one attached hydrogen (secondary N) is 2. The Morgan fingerprint density at radius 3 is 2.74 bits per heavy atom. The minimum Gasteiger partial charge on any atom is -0.386 e. The Labute approximate surface area is 120 Å². The van der Waals surface area contributed by atoms with Gasteiger partial charge in [0.2, 0.25) is 0 Å². The van der Waals surface area contributed by atoms with Crippen molar-refractivity contribution in [2.45, 2.75) is 0 Å². The first-order valence-electron chi connectivity index (χ1n) is 5.50. The molecule has 2 rings (SSSR count). The molecule has 1 heterocycles. The highest BCUT2D eigenvalue weighted by molar-refractivity contribution is 6.44. The van der Waals surface area contributed by atoms with Crippen LogP contribution in [0.5, 0.6) is 0 Å². The largest absolute Gasteiger partial charge is 0.386 e. The summed E-state index contributed by atoms with van der Waals surface area (Å²) in [6.45, 7) is 0. The van der Waals surface area contributed by atoms with Gasteiger partial charge < -0.3 is 10.6 Å². The number of hydrogen-bond acceptors (Lipinski definition) is 3. The van der Waals surface area contributed by atoms with E-state index >= 15 is 0 Å². The molecule has 0 bridgehead atoms. The van der Waals surface area contributed by atoms with Crippen molar-refractivity contribution in [1.29, 1.82) is 0 Å². The van der Waals surface area contributed by atoms with Crippen LogP contribution < -0.4 is 10.6 Å². The van der Waals surface area contributed by atoms with E-state index in [2.05, 4.69) is 15.6 Å². The number of rotatable bonds is 3. The van der Waals surface area contributed by atoms with Gasteiger partial charge in [0.1, 0.15) is 0 Å². The molecule has 0 aliphatic carbocycles. The number of halogens is 2. The molecule has 4 nitrogen and oxygen atoms in total. The number of carbonyl (C=O) groups excluding carboxylic acids is 1. The van der Waals surface area contributed by atoms with Crippen LogP contribution in [-0.4, -0.2) is 17.9 Å². The molecule has 0 aliphatic heterocycles. The molecule has 0 unspecified atom stereocenters. The highest BCUT2D eigenvalue weighted by Crippen LogP contribution is 2.30. The predicted octanol–water partition coefficient (Wildman–Crippen LogP) is 3.68. The summed E-state index contributed by atoms with van der Waals surface area (Å²) < 4.78 is 0. The molecular weight excluding hydrogens is 285 g/mol. The van der Waals surface area contributed by atoms with E-state index in [1.54, 1.807) is 43.7 Å². The minimum atomic E-state index is -0.282. The molecule has 0 radical (unpaired) electrons. The molecular formula is C13H11Cl2N3O. The summed E-state index contributed by atoms with van der Waals surface area (Å²) in [7, 11) is 1.72. The van der Waals surface area contributed by atoms with Gasteiger partial charge in [-0.15, -0.1) is 0 Å². The number of carbonyl (C=O) groups is 1. The highest BCUT2D eigenvalue weighted by Gasteiger charge is 2.13. The first-order chi connectivity index (χ1) is 9.13. The zero-order chi connectivity index (χ0) is 13.8. The molecule has 1 amide bonds. The summed E-state index contributed by atoms with van der Waals surface area (Å²) in [5, 5.41) is 6.33. The van der Waals surface area contributed by atoms with Crippen LogP contribution in [0.3, 0.4) is 0 Å². The van der Waals surface area contributed by atoms with Crippen molar-refractivity contribution in [3.63, 3.8) is 0 Å². The topological polar surface area (TPSA) is 54.0 Å². The maximum absolute atomic E-state index is 12.2. The number of amides is 1. The average Bonchev–Trinajstić information content (AvgIpc) is 2.43. The van der Waals surface area contributed by atoms with Gasteiger partial charge in [0, 0.05) is 13.2 Å². The second-order valence-corrected chi connectivity index (χ2v) is 4.51. The minimum absolute atomic E-state index is 0.282. The fourth-order valence-electron chi connectivity index (χ4n) is 1.58. The van der Waals surface area contributed by atoms with E-state index in [9.17, 15) is 4.79 Å². The molecule has 6 heteroatoms. The molecule has 0 fully saturated rings. The van der Waals surface area contributed by atoms with Gasteiger partial charge in [-0.25, -0.2) is 0 Å². The van der Waals surface area contributed by atoms with E-state index < -0.39 is 0 Å². The van der Waals surface area contributed by atoms with Crippen LogP contribution in [0.1, 0.15) is 10.4 Å². The van der Waals surface area contributed by atoms with Gasteiger partial charge >= 0.3 is 0 Å². The molecule has 1 aromatic heterocycles. The Morgan fingerprint density at radius 2 is 2.00 bits per heavy atom. The summed E-state index contributed by atoms with van der Waals surface area (Å²) in [4.78, 5) is 16.1. The molecule has 1 aromatic carbocycles. The molecule has 19 heavy (non-hydrogen) atoms. The third-order valence-electron chi connectivity index (χ3n) is 2.53. The average molecular weight is 296 g/mol. The van der Waals surface area contributed by atoms with Crippen LogP contribution in [-0.2, 0) is 0 Å². The zero-order valence-corrected chi connectivity index (χ0v) is 11.6. The highest BCUT2D eigenvalue weighted by atomic mass is 35.5. The van der Waals surface area contributed by atoms with Gasteiger partial charge in [-0.1, -0.05) is 29.3 Å². The van der Waals surface area contributed by atoms with Gasteiger partial charge in [-0.05, 0) is 18.2 Å². The van der Waals surface area contributed by atoms with Crippen LogP contribution in [0, 0.1) is 0 Å². The molecule has 2 aromatic rings. The van der Waals surface area contributed by atoms with E-state index in [1.807, 2.05) is 0 Å². The van der Waals surface area contributed by atoms with Gasteiger partial charge in [-0.2, -0.15) is 0 Å². The Morgan fingerprint density at radius 1 is 1.21 bits per heavy atom. The lowest BCUT2D eigenvalue weighted by Gasteiger charge is -2.10.